The second-order valence-corrected chi connectivity index (χ2v) is 4.88. The monoisotopic (exact) mass is 295 g/mol. The van der Waals surface area contributed by atoms with Crippen molar-refractivity contribution in [1.29, 1.82) is 0 Å². The first kappa shape index (κ1) is 14.3. The molecule has 1 aliphatic rings. The molecule has 6 nitrogen and oxygen atoms in total. The van der Waals surface area contributed by atoms with E-state index in [0.717, 1.165) is 4.90 Å². The fourth-order valence-electron chi connectivity index (χ4n) is 1.93. The first-order valence-electron chi connectivity index (χ1n) is 6.15. The van der Waals surface area contributed by atoms with Crippen molar-refractivity contribution in [2.45, 2.75) is 19.3 Å². The van der Waals surface area contributed by atoms with E-state index in [1.807, 2.05) is 0 Å². The number of carbonyl (C=O) groups excluding carboxylic acids is 3. The first-order valence-corrected chi connectivity index (χ1v) is 6.53. The second-order valence-electron chi connectivity index (χ2n) is 4.48. The summed E-state index contributed by atoms with van der Waals surface area (Å²) in [6.07, 6.45) is 0.493. The Morgan fingerprint density at radius 3 is 2.55 bits per heavy atom. The standard InChI is InChI=1S/C13H14ClN3O3/c14-9-7-8(15)1-2-10(9)16-11(18)5-6-17-12(19)3-4-13(17)20/h1-2,7H,3-6,15H2,(H,16,18). The maximum absolute atomic E-state index is 11.8. The molecule has 20 heavy (non-hydrogen) atoms. The number of nitrogens with two attached hydrogens (primary N) is 1. The molecule has 1 fully saturated rings. The molecule has 1 saturated heterocycles. The van der Waals surface area contributed by atoms with Crippen molar-refractivity contribution in [3.8, 4) is 0 Å². The Kier molecular flexibility index (Phi) is 4.24. The molecule has 106 valence electrons. The molecule has 0 spiro atoms. The van der Waals surface area contributed by atoms with Gasteiger partial charge in [0.2, 0.25) is 17.7 Å². The number of carbonyl (C=O) groups is 3. The Morgan fingerprint density at radius 1 is 1.30 bits per heavy atom. The Morgan fingerprint density at radius 2 is 1.95 bits per heavy atom. The van der Waals surface area contributed by atoms with E-state index in [2.05, 4.69) is 5.32 Å². The van der Waals surface area contributed by atoms with Crippen molar-refractivity contribution in [1.82, 2.24) is 4.90 Å². The lowest BCUT2D eigenvalue weighted by Crippen LogP contribution is -2.32. The molecule has 0 unspecified atom stereocenters. The van der Waals surface area contributed by atoms with Crippen LogP contribution in [-0.2, 0) is 14.4 Å². The zero-order valence-electron chi connectivity index (χ0n) is 10.7. The third-order valence-electron chi connectivity index (χ3n) is 2.98. The van der Waals surface area contributed by atoms with Gasteiger partial charge in [-0.3, -0.25) is 19.3 Å². The predicted molar refractivity (Wildman–Crippen MR) is 75.1 cm³/mol. The van der Waals surface area contributed by atoms with Crippen LogP contribution in [0.1, 0.15) is 19.3 Å². The molecule has 3 amide bonds. The normalized spacial score (nSPS) is 14.8. The lowest BCUT2D eigenvalue weighted by Gasteiger charge is -2.13. The number of rotatable bonds is 4. The largest absolute Gasteiger partial charge is 0.399 e. The van der Waals surface area contributed by atoms with E-state index >= 15 is 0 Å². The van der Waals surface area contributed by atoms with E-state index in [4.69, 9.17) is 17.3 Å². The van der Waals surface area contributed by atoms with Crippen LogP contribution in [-0.4, -0.2) is 29.2 Å². The lowest BCUT2D eigenvalue weighted by atomic mass is 10.2. The fraction of sp³-hybridized carbons (Fsp3) is 0.308. The zero-order valence-corrected chi connectivity index (χ0v) is 11.4. The van der Waals surface area contributed by atoms with Crippen molar-refractivity contribution in [2.24, 2.45) is 0 Å². The summed E-state index contributed by atoms with van der Waals surface area (Å²) < 4.78 is 0. The Bertz CT molecular complexity index is 558. The maximum Gasteiger partial charge on any atom is 0.229 e. The van der Waals surface area contributed by atoms with Gasteiger partial charge in [0, 0.05) is 31.5 Å². The van der Waals surface area contributed by atoms with Crippen molar-refractivity contribution in [2.75, 3.05) is 17.6 Å². The average Bonchev–Trinajstić information content (AvgIpc) is 2.70. The summed E-state index contributed by atoms with van der Waals surface area (Å²) in [4.78, 5) is 35.7. The van der Waals surface area contributed by atoms with E-state index in [1.165, 1.54) is 6.07 Å². The number of hydrogen-bond acceptors (Lipinski definition) is 4. The van der Waals surface area contributed by atoms with E-state index in [9.17, 15) is 14.4 Å². The molecule has 0 atom stereocenters. The summed E-state index contributed by atoms with van der Waals surface area (Å²) in [5.74, 6) is -0.772. The number of nitrogens with zero attached hydrogens (tertiary/aromatic N) is 1. The number of nitrogens with one attached hydrogen (secondary N) is 1. The summed E-state index contributed by atoms with van der Waals surface area (Å²) >= 11 is 5.93. The van der Waals surface area contributed by atoms with E-state index in [1.54, 1.807) is 12.1 Å². The molecular formula is C13H14ClN3O3. The molecule has 0 radical (unpaired) electrons. The van der Waals surface area contributed by atoms with Crippen LogP contribution in [0.5, 0.6) is 0 Å². The van der Waals surface area contributed by atoms with Gasteiger partial charge in [0.25, 0.3) is 0 Å². The van der Waals surface area contributed by atoms with Gasteiger partial charge in [-0.2, -0.15) is 0 Å². The van der Waals surface area contributed by atoms with Crippen LogP contribution in [0, 0.1) is 0 Å². The highest BCUT2D eigenvalue weighted by Crippen LogP contribution is 2.24. The average molecular weight is 296 g/mol. The molecule has 0 saturated carbocycles. The van der Waals surface area contributed by atoms with Crippen LogP contribution >= 0.6 is 11.6 Å². The minimum absolute atomic E-state index is 0.0399. The van der Waals surface area contributed by atoms with Gasteiger partial charge < -0.3 is 11.1 Å². The van der Waals surface area contributed by atoms with Gasteiger partial charge in [0.1, 0.15) is 0 Å². The highest BCUT2D eigenvalue weighted by atomic mass is 35.5. The summed E-state index contributed by atoms with van der Waals surface area (Å²) in [6, 6.07) is 4.75. The third kappa shape index (κ3) is 3.27. The van der Waals surface area contributed by atoms with E-state index in [-0.39, 0.29) is 43.5 Å². The molecule has 2 rings (SSSR count). The van der Waals surface area contributed by atoms with Gasteiger partial charge in [-0.1, -0.05) is 11.6 Å². The second kappa shape index (κ2) is 5.92. The molecule has 7 heteroatoms. The number of benzene rings is 1. The van der Waals surface area contributed by atoms with Gasteiger partial charge in [-0.25, -0.2) is 0 Å². The number of likely N-dealkylation sites (tertiary alicyclic amines) is 1. The van der Waals surface area contributed by atoms with Crippen LogP contribution in [0.3, 0.4) is 0 Å². The molecule has 1 aromatic carbocycles. The Hall–Kier alpha value is -2.08. The molecule has 1 aliphatic heterocycles. The number of anilines is 2. The molecule has 1 heterocycles. The van der Waals surface area contributed by atoms with Gasteiger partial charge in [-0.05, 0) is 18.2 Å². The van der Waals surface area contributed by atoms with Crippen LogP contribution in [0.25, 0.3) is 0 Å². The molecule has 3 N–H and O–H groups in total. The molecule has 0 aromatic heterocycles. The topological polar surface area (TPSA) is 92.5 Å². The Balaban J connectivity index is 1.89. The summed E-state index contributed by atoms with van der Waals surface area (Å²) in [6.45, 7) is 0.0933. The minimum Gasteiger partial charge on any atom is -0.399 e. The van der Waals surface area contributed by atoms with Gasteiger partial charge in [-0.15, -0.1) is 0 Å². The van der Waals surface area contributed by atoms with E-state index < -0.39 is 0 Å². The number of nitrogen functional groups attached to an aromatic ring is 1. The number of imide groups is 1. The predicted octanol–water partition coefficient (Wildman–Crippen LogP) is 1.40. The number of hydrogen-bond donors (Lipinski definition) is 2. The van der Waals surface area contributed by atoms with Gasteiger partial charge >= 0.3 is 0 Å². The summed E-state index contributed by atoms with van der Waals surface area (Å²) in [7, 11) is 0. The molecule has 0 bridgehead atoms. The lowest BCUT2D eigenvalue weighted by molar-refractivity contribution is -0.138. The molecular weight excluding hydrogens is 282 g/mol. The summed E-state index contributed by atoms with van der Waals surface area (Å²) in [5, 5.41) is 2.95. The minimum atomic E-state index is -0.316. The maximum atomic E-state index is 11.8. The molecule has 1 aromatic rings. The van der Waals surface area contributed by atoms with Crippen molar-refractivity contribution < 1.29 is 14.4 Å². The summed E-state index contributed by atoms with van der Waals surface area (Å²) in [5.41, 5.74) is 6.50. The van der Waals surface area contributed by atoms with Gasteiger partial charge in [0.05, 0.1) is 10.7 Å². The first-order chi connectivity index (χ1) is 9.47. The zero-order chi connectivity index (χ0) is 14.7. The van der Waals surface area contributed by atoms with Crippen LogP contribution in [0.15, 0.2) is 18.2 Å². The van der Waals surface area contributed by atoms with E-state index in [0.29, 0.717) is 16.4 Å². The van der Waals surface area contributed by atoms with Crippen molar-refractivity contribution in [3.05, 3.63) is 23.2 Å². The SMILES string of the molecule is Nc1ccc(NC(=O)CCN2C(=O)CCC2=O)c(Cl)c1. The quantitative estimate of drug-likeness (QED) is 0.648. The van der Waals surface area contributed by atoms with Crippen LogP contribution in [0.4, 0.5) is 11.4 Å². The highest BCUT2D eigenvalue weighted by Gasteiger charge is 2.28. The van der Waals surface area contributed by atoms with Crippen molar-refractivity contribution >= 4 is 40.7 Å². The fourth-order valence-corrected chi connectivity index (χ4v) is 2.17. The third-order valence-corrected chi connectivity index (χ3v) is 3.30. The van der Waals surface area contributed by atoms with Crippen LogP contribution in [0.2, 0.25) is 5.02 Å². The number of halogens is 1. The van der Waals surface area contributed by atoms with Crippen molar-refractivity contribution in [3.63, 3.8) is 0 Å². The molecule has 0 aliphatic carbocycles. The van der Waals surface area contributed by atoms with Crippen LogP contribution < -0.4 is 11.1 Å². The highest BCUT2D eigenvalue weighted by molar-refractivity contribution is 6.34. The number of amides is 3. The van der Waals surface area contributed by atoms with Gasteiger partial charge in [0.15, 0.2) is 0 Å². The Labute approximate surface area is 120 Å². The smallest absolute Gasteiger partial charge is 0.229 e.